The van der Waals surface area contributed by atoms with Crippen LogP contribution in [0.4, 0.5) is 15.8 Å². The number of hydrogen-bond donors (Lipinski definition) is 3. The van der Waals surface area contributed by atoms with Gasteiger partial charge in [-0.05, 0) is 83.3 Å². The molecule has 0 bridgehead atoms. The number of primary amides is 1. The summed E-state index contributed by atoms with van der Waals surface area (Å²) in [6.45, 7) is 3.38. The highest BCUT2D eigenvalue weighted by molar-refractivity contribution is 6.20. The molecule has 6 nitrogen and oxygen atoms in total. The summed E-state index contributed by atoms with van der Waals surface area (Å²) in [5, 5.41) is 4.80. The van der Waals surface area contributed by atoms with Crippen LogP contribution in [0.25, 0.3) is 32.9 Å². The first kappa shape index (κ1) is 30.4. The van der Waals surface area contributed by atoms with Crippen LogP contribution in [-0.2, 0) is 13.1 Å². The molecular formula is C41H33FN4O2. The van der Waals surface area contributed by atoms with Crippen LogP contribution in [0.3, 0.4) is 0 Å². The van der Waals surface area contributed by atoms with Crippen LogP contribution in [0, 0.1) is 12.7 Å². The van der Waals surface area contributed by atoms with Gasteiger partial charge in [0, 0.05) is 46.3 Å². The van der Waals surface area contributed by atoms with Gasteiger partial charge in [-0.1, -0.05) is 84.9 Å². The van der Waals surface area contributed by atoms with Crippen molar-refractivity contribution in [2.24, 2.45) is 5.73 Å². The van der Waals surface area contributed by atoms with Crippen LogP contribution in [-0.4, -0.2) is 16.8 Å². The number of halogens is 1. The SMILES string of the molecule is Cc1c(NC(=O)c2ccc(F)cc2)cccc1-c1ccc(C(N)=O)c2[nH]c3cc(N(Cc4ccccc4)Cc4ccccc4)ccc3c12. The number of benzene rings is 6. The number of anilines is 2. The molecule has 48 heavy (non-hydrogen) atoms. The van der Waals surface area contributed by atoms with Gasteiger partial charge in [-0.15, -0.1) is 0 Å². The van der Waals surface area contributed by atoms with Crippen LogP contribution < -0.4 is 16.0 Å². The van der Waals surface area contributed by atoms with Gasteiger partial charge in [0.25, 0.3) is 11.8 Å². The number of carbonyl (C=O) groups is 2. The second-order valence-corrected chi connectivity index (χ2v) is 11.9. The molecule has 0 aliphatic carbocycles. The van der Waals surface area contributed by atoms with Gasteiger partial charge in [0.15, 0.2) is 0 Å². The zero-order valence-corrected chi connectivity index (χ0v) is 26.3. The molecule has 7 heteroatoms. The molecule has 7 aromatic rings. The van der Waals surface area contributed by atoms with E-state index in [1.807, 2.05) is 43.3 Å². The third-order valence-electron chi connectivity index (χ3n) is 8.78. The summed E-state index contributed by atoms with van der Waals surface area (Å²) in [5.41, 5.74) is 14.9. The Bertz CT molecular complexity index is 2240. The van der Waals surface area contributed by atoms with Crippen molar-refractivity contribution < 1.29 is 14.0 Å². The van der Waals surface area contributed by atoms with E-state index >= 15 is 0 Å². The summed E-state index contributed by atoms with van der Waals surface area (Å²) < 4.78 is 13.4. The second-order valence-electron chi connectivity index (χ2n) is 11.9. The van der Waals surface area contributed by atoms with Crippen LogP contribution >= 0.6 is 0 Å². The predicted molar refractivity (Wildman–Crippen MR) is 192 cm³/mol. The van der Waals surface area contributed by atoms with Crippen LogP contribution in [0.15, 0.2) is 133 Å². The predicted octanol–water partition coefficient (Wildman–Crippen LogP) is 8.99. The fourth-order valence-corrected chi connectivity index (χ4v) is 6.33. The van der Waals surface area contributed by atoms with Gasteiger partial charge in [0.05, 0.1) is 11.1 Å². The largest absolute Gasteiger partial charge is 0.366 e. The normalized spacial score (nSPS) is 11.1. The number of amides is 2. The third-order valence-corrected chi connectivity index (χ3v) is 8.78. The number of nitrogens with zero attached hydrogens (tertiary/aromatic N) is 1. The van der Waals surface area contributed by atoms with Crippen molar-refractivity contribution in [3.05, 3.63) is 167 Å². The number of fused-ring (bicyclic) bond motifs is 3. The van der Waals surface area contributed by atoms with Gasteiger partial charge in [-0.25, -0.2) is 4.39 Å². The number of nitrogens with two attached hydrogens (primary N) is 1. The fraction of sp³-hybridized carbons (Fsp3) is 0.0732. The van der Waals surface area contributed by atoms with Crippen molar-refractivity contribution >= 4 is 45.0 Å². The van der Waals surface area contributed by atoms with Crippen molar-refractivity contribution in [2.75, 3.05) is 10.2 Å². The second kappa shape index (κ2) is 12.9. The molecule has 0 saturated carbocycles. The van der Waals surface area contributed by atoms with E-state index in [1.54, 1.807) is 6.07 Å². The maximum atomic E-state index is 13.4. The summed E-state index contributed by atoms with van der Waals surface area (Å²) in [6.07, 6.45) is 0. The summed E-state index contributed by atoms with van der Waals surface area (Å²) in [7, 11) is 0. The molecule has 4 N–H and O–H groups in total. The maximum absolute atomic E-state index is 13.4. The lowest BCUT2D eigenvalue weighted by atomic mass is 9.93. The lowest BCUT2D eigenvalue weighted by Crippen LogP contribution is -2.22. The zero-order chi connectivity index (χ0) is 33.2. The summed E-state index contributed by atoms with van der Waals surface area (Å²) in [4.78, 5) is 31.5. The Balaban J connectivity index is 1.32. The molecule has 7 rings (SSSR count). The number of nitrogens with one attached hydrogen (secondary N) is 2. The van der Waals surface area contributed by atoms with Gasteiger partial charge in [-0.3, -0.25) is 9.59 Å². The van der Waals surface area contributed by atoms with Crippen molar-refractivity contribution in [1.82, 2.24) is 4.98 Å². The van der Waals surface area contributed by atoms with E-state index in [-0.39, 0.29) is 5.91 Å². The topological polar surface area (TPSA) is 91.2 Å². The number of rotatable bonds is 9. The van der Waals surface area contributed by atoms with Gasteiger partial charge >= 0.3 is 0 Å². The molecule has 0 spiro atoms. The van der Waals surface area contributed by atoms with Gasteiger partial charge in [-0.2, -0.15) is 0 Å². The lowest BCUT2D eigenvalue weighted by Gasteiger charge is -2.25. The first-order chi connectivity index (χ1) is 23.4. The molecule has 0 aliphatic heterocycles. The van der Waals surface area contributed by atoms with Crippen LogP contribution in [0.5, 0.6) is 0 Å². The molecule has 0 fully saturated rings. The monoisotopic (exact) mass is 632 g/mol. The Morgan fingerprint density at radius 2 is 1.42 bits per heavy atom. The third kappa shape index (κ3) is 6.01. The molecular weight excluding hydrogens is 599 g/mol. The van der Waals surface area contributed by atoms with E-state index in [4.69, 9.17) is 5.73 Å². The van der Waals surface area contributed by atoms with E-state index in [1.165, 1.54) is 35.4 Å². The van der Waals surface area contributed by atoms with Crippen LogP contribution in [0.1, 0.15) is 37.4 Å². The van der Waals surface area contributed by atoms with Gasteiger partial charge in [0.2, 0.25) is 0 Å². The zero-order valence-electron chi connectivity index (χ0n) is 26.3. The van der Waals surface area contributed by atoms with Crippen molar-refractivity contribution in [1.29, 1.82) is 0 Å². The van der Waals surface area contributed by atoms with Crippen LogP contribution in [0.2, 0.25) is 0 Å². The minimum Gasteiger partial charge on any atom is -0.366 e. The number of aromatic amines is 1. The van der Waals surface area contributed by atoms with E-state index in [9.17, 15) is 14.0 Å². The molecule has 0 saturated heterocycles. The molecule has 0 unspecified atom stereocenters. The molecule has 2 amide bonds. The van der Waals surface area contributed by atoms with E-state index in [0.29, 0.717) is 22.3 Å². The molecule has 0 aliphatic rings. The Morgan fingerprint density at radius 3 is 2.06 bits per heavy atom. The van der Waals surface area contributed by atoms with E-state index in [2.05, 4.69) is 81.9 Å². The van der Waals surface area contributed by atoms with Crippen molar-refractivity contribution in [3.8, 4) is 11.1 Å². The average molecular weight is 633 g/mol. The first-order valence-electron chi connectivity index (χ1n) is 15.7. The minimum atomic E-state index is -0.523. The molecule has 0 radical (unpaired) electrons. The number of H-pyrrole nitrogens is 1. The van der Waals surface area contributed by atoms with Crippen molar-refractivity contribution in [3.63, 3.8) is 0 Å². The quantitative estimate of drug-likeness (QED) is 0.148. The molecule has 6 aromatic carbocycles. The Morgan fingerprint density at radius 1 is 0.750 bits per heavy atom. The lowest BCUT2D eigenvalue weighted by molar-refractivity contribution is 0.0999. The minimum absolute atomic E-state index is 0.334. The molecule has 236 valence electrons. The highest BCUT2D eigenvalue weighted by Crippen LogP contribution is 2.40. The number of hydrogen-bond acceptors (Lipinski definition) is 3. The number of carbonyl (C=O) groups excluding carboxylic acids is 2. The first-order valence-corrected chi connectivity index (χ1v) is 15.7. The summed E-state index contributed by atoms with van der Waals surface area (Å²) in [5.74, 6) is -1.26. The Labute approximate surface area is 277 Å². The summed E-state index contributed by atoms with van der Waals surface area (Å²) >= 11 is 0. The fourth-order valence-electron chi connectivity index (χ4n) is 6.33. The molecule has 1 heterocycles. The van der Waals surface area contributed by atoms with Crippen molar-refractivity contribution in [2.45, 2.75) is 20.0 Å². The standard InChI is InChI=1S/C41H33FN4O2/c1-26-32(13-8-14-36(26)45-41(48)29-15-17-30(42)18-16-29)33-21-22-35(40(43)47)39-38(33)34-20-19-31(23-37(34)44-39)46(24-27-9-4-2-5-10-27)25-28-11-6-3-7-12-28/h2-23,44H,24-25H2,1H3,(H2,43,47)(H,45,48). The highest BCUT2D eigenvalue weighted by atomic mass is 19.1. The van der Waals surface area contributed by atoms with E-state index < -0.39 is 11.7 Å². The number of aromatic nitrogens is 1. The molecule has 1 aromatic heterocycles. The van der Waals surface area contributed by atoms with E-state index in [0.717, 1.165) is 51.8 Å². The Kier molecular flexibility index (Phi) is 8.17. The Hall–Kier alpha value is -6.21. The van der Waals surface area contributed by atoms with Gasteiger partial charge < -0.3 is 20.9 Å². The maximum Gasteiger partial charge on any atom is 0.255 e. The smallest absolute Gasteiger partial charge is 0.255 e. The highest BCUT2D eigenvalue weighted by Gasteiger charge is 2.20. The molecule has 0 atom stereocenters. The summed E-state index contributed by atoms with van der Waals surface area (Å²) in [6, 6.07) is 41.9. The van der Waals surface area contributed by atoms with Gasteiger partial charge in [0.1, 0.15) is 5.82 Å². The average Bonchev–Trinajstić information content (AvgIpc) is 3.49.